The number of benzene rings is 1. The van der Waals surface area contributed by atoms with Crippen LogP contribution in [-0.4, -0.2) is 29.1 Å². The molecule has 0 saturated carbocycles. The Morgan fingerprint density at radius 3 is 2.85 bits per heavy atom. The molecule has 1 aromatic carbocycles. The fraction of sp³-hybridized carbons (Fsp3) is 0. The Morgan fingerprint density at radius 1 is 1.23 bits per heavy atom. The maximum absolute atomic E-state index is 11.3. The molecule has 1 aliphatic heterocycles. The molecule has 13 heavy (non-hydrogen) atoms. The van der Waals surface area contributed by atoms with Crippen LogP contribution in [0.5, 0.6) is 0 Å². The monoisotopic (exact) mass is 191 g/mol. The van der Waals surface area contributed by atoms with E-state index in [1.54, 1.807) is 6.07 Å². The molecule has 1 aromatic rings. The summed E-state index contributed by atoms with van der Waals surface area (Å²) in [6, 6.07) is 7.53. The van der Waals surface area contributed by atoms with Gasteiger partial charge >= 0.3 is 0 Å². The molecule has 0 amide bonds. The highest BCUT2D eigenvalue weighted by atomic mass is 32.2. The second-order valence-electron chi connectivity index (χ2n) is 3.18. The van der Waals surface area contributed by atoms with Gasteiger partial charge in [-0.25, -0.2) is 8.42 Å². The summed E-state index contributed by atoms with van der Waals surface area (Å²) < 4.78 is 25.2. The predicted octanol–water partition coefficient (Wildman–Crippen LogP) is -1.88. The summed E-state index contributed by atoms with van der Waals surface area (Å²) in [4.78, 5) is 0. The molecule has 64 valence electrons. The van der Waals surface area contributed by atoms with Gasteiger partial charge in [0.1, 0.15) is 7.17 Å². The summed E-state index contributed by atoms with van der Waals surface area (Å²) in [6.45, 7) is 0. The normalized spacial score (nSPS) is 17.8. The third-order valence-electron chi connectivity index (χ3n) is 2.14. The van der Waals surface area contributed by atoms with Crippen LogP contribution in [-0.2, 0) is 9.87 Å². The third kappa shape index (κ3) is 1.91. The third-order valence-corrected chi connectivity index (χ3v) is 3.50. The first kappa shape index (κ1) is 8.75. The first-order chi connectivity index (χ1) is 6.17. The van der Waals surface area contributed by atoms with E-state index < -0.39 is 9.87 Å². The molecule has 1 heterocycles. The maximum atomic E-state index is 11.3. The van der Waals surface area contributed by atoms with Gasteiger partial charge < -0.3 is 0 Å². The Labute approximate surface area is 79.6 Å². The summed E-state index contributed by atoms with van der Waals surface area (Å²) in [5, 5.41) is 0. The highest BCUT2D eigenvalue weighted by Crippen LogP contribution is 2.06. The summed E-state index contributed by atoms with van der Waals surface area (Å²) >= 11 is 0. The van der Waals surface area contributed by atoms with Gasteiger partial charge in [-0.1, -0.05) is 23.7 Å². The Hall–Kier alpha value is -0.835. The minimum absolute atomic E-state index is 0.224. The Bertz CT molecular complexity index is 420. The maximum Gasteiger partial charge on any atom is 0.255 e. The van der Waals surface area contributed by atoms with Crippen molar-refractivity contribution in [3.05, 3.63) is 24.3 Å². The lowest BCUT2D eigenvalue weighted by Gasteiger charge is -2.06. The summed E-state index contributed by atoms with van der Waals surface area (Å²) in [5.74, 6) is 0. The number of fused-ring (bicyclic) bond motifs is 1. The van der Waals surface area contributed by atoms with Crippen molar-refractivity contribution in [2.45, 2.75) is 0 Å². The second kappa shape index (κ2) is 3.14. The van der Waals surface area contributed by atoms with E-state index >= 15 is 0 Å². The minimum Gasteiger partial charge on any atom is -0.295 e. The van der Waals surface area contributed by atoms with Crippen LogP contribution in [0.15, 0.2) is 24.3 Å². The number of hydrogen-bond donors (Lipinski definition) is 1. The zero-order valence-corrected chi connectivity index (χ0v) is 7.97. The number of nitrogens with one attached hydrogen (secondary N) is 1. The van der Waals surface area contributed by atoms with Crippen LogP contribution < -0.4 is 10.2 Å². The minimum atomic E-state index is -3.08. The van der Waals surface area contributed by atoms with Crippen LogP contribution in [0.1, 0.15) is 0 Å². The number of anilines is 1. The Kier molecular flexibility index (Phi) is 2.11. The van der Waals surface area contributed by atoms with Crippen LogP contribution in [0.2, 0.25) is 0 Å². The molecular formula is C6H8B3NO2S. The van der Waals surface area contributed by atoms with Crippen molar-refractivity contribution in [3.8, 4) is 0 Å². The number of hydrogen-bond acceptors (Lipinski definition) is 2. The van der Waals surface area contributed by atoms with Crippen LogP contribution in [0.25, 0.3) is 0 Å². The van der Waals surface area contributed by atoms with Crippen molar-refractivity contribution in [2.75, 3.05) is 4.72 Å². The van der Waals surface area contributed by atoms with E-state index in [0.717, 1.165) is 18.3 Å². The average Bonchev–Trinajstić information content (AvgIpc) is 2.21. The molecule has 0 radical (unpaired) electrons. The molecule has 0 aromatic heterocycles. The molecule has 3 nitrogen and oxygen atoms in total. The van der Waals surface area contributed by atoms with Crippen LogP contribution >= 0.6 is 0 Å². The summed E-state index contributed by atoms with van der Waals surface area (Å²) in [7, 11) is -1.55. The highest BCUT2D eigenvalue weighted by molar-refractivity contribution is 8.22. The van der Waals surface area contributed by atoms with E-state index in [1.807, 2.05) is 18.2 Å². The molecule has 7 heteroatoms. The van der Waals surface area contributed by atoms with E-state index in [4.69, 9.17) is 0 Å². The van der Waals surface area contributed by atoms with Gasteiger partial charge in [0.2, 0.25) is 0 Å². The topological polar surface area (TPSA) is 46.2 Å². The van der Waals surface area contributed by atoms with E-state index in [1.165, 1.54) is 0 Å². The van der Waals surface area contributed by atoms with E-state index in [9.17, 15) is 8.42 Å². The number of rotatable bonds is 0. The quantitative estimate of drug-likeness (QED) is 0.487. The molecule has 0 spiro atoms. The van der Waals surface area contributed by atoms with Gasteiger partial charge in [-0.05, 0) is 6.07 Å². The molecule has 2 rings (SSSR count). The van der Waals surface area contributed by atoms with Crippen molar-refractivity contribution < 1.29 is 8.42 Å². The van der Waals surface area contributed by atoms with Gasteiger partial charge in [0.15, 0.2) is 9.87 Å². The van der Waals surface area contributed by atoms with Gasteiger partial charge in [-0.3, -0.25) is 4.72 Å². The lowest BCUT2D eigenvalue weighted by molar-refractivity contribution is 0.614. The molecule has 1 N–H and O–H groups in total. The molecular weight excluding hydrogens is 183 g/mol. The standard InChI is InChI=1S/C6H8B3NO2S/c11-13(12)9-8-7-5-3-1-2-4-6(5)10-13/h1-4,7-10H. The van der Waals surface area contributed by atoms with Crippen LogP contribution in [0.4, 0.5) is 5.69 Å². The van der Waals surface area contributed by atoms with Gasteiger partial charge in [0.25, 0.3) is 6.45 Å². The smallest absolute Gasteiger partial charge is 0.255 e. The van der Waals surface area contributed by atoms with Crippen LogP contribution in [0, 0.1) is 0 Å². The Morgan fingerprint density at radius 2 is 2.00 bits per heavy atom. The second-order valence-corrected chi connectivity index (χ2v) is 5.02. The summed E-state index contributed by atoms with van der Waals surface area (Å²) in [6.07, 6.45) is 0.224. The van der Waals surface area contributed by atoms with Gasteiger partial charge in [-0.2, -0.15) is 0 Å². The zero-order valence-electron chi connectivity index (χ0n) is 7.16. The van der Waals surface area contributed by atoms with Gasteiger partial charge in [-0.15, -0.1) is 0 Å². The van der Waals surface area contributed by atoms with Crippen molar-refractivity contribution in [1.29, 1.82) is 0 Å². The molecule has 0 bridgehead atoms. The first-order valence-electron chi connectivity index (χ1n) is 4.26. The molecule has 0 aliphatic carbocycles. The van der Waals surface area contributed by atoms with E-state index in [2.05, 4.69) is 4.72 Å². The fourth-order valence-corrected chi connectivity index (χ4v) is 2.67. The molecule has 0 unspecified atom stereocenters. The lowest BCUT2D eigenvalue weighted by Crippen LogP contribution is -2.25. The largest absolute Gasteiger partial charge is 0.295 e. The lowest BCUT2D eigenvalue weighted by atomic mass is 9.25. The average molecular weight is 191 g/mol. The van der Waals surface area contributed by atoms with Gasteiger partial charge in [0.05, 0.1) is 7.06 Å². The Balaban J connectivity index is 2.46. The van der Waals surface area contributed by atoms with Crippen molar-refractivity contribution in [2.24, 2.45) is 0 Å². The SMILES string of the molecule is O=S1(=O)BBBc2ccccc2N1. The molecule has 1 aliphatic rings. The zero-order chi connectivity index (χ0) is 9.31. The first-order valence-corrected chi connectivity index (χ1v) is 5.91. The predicted molar refractivity (Wildman–Crippen MR) is 60.1 cm³/mol. The highest BCUT2D eigenvalue weighted by Gasteiger charge is 2.19. The molecule has 0 fully saturated rings. The molecule has 0 atom stereocenters. The summed E-state index contributed by atoms with van der Waals surface area (Å²) in [5.41, 5.74) is 1.82. The van der Waals surface area contributed by atoms with E-state index in [0.29, 0.717) is 7.06 Å². The van der Waals surface area contributed by atoms with Crippen LogP contribution in [0.3, 0.4) is 0 Å². The van der Waals surface area contributed by atoms with Crippen molar-refractivity contribution in [1.82, 2.24) is 0 Å². The molecule has 0 saturated heterocycles. The number of para-hydroxylation sites is 1. The van der Waals surface area contributed by atoms with Gasteiger partial charge in [0, 0.05) is 5.69 Å². The van der Waals surface area contributed by atoms with Crippen molar-refractivity contribution in [3.63, 3.8) is 0 Å². The van der Waals surface area contributed by atoms with Crippen molar-refractivity contribution >= 4 is 41.7 Å². The van der Waals surface area contributed by atoms with E-state index in [-0.39, 0.29) is 6.45 Å². The fourth-order valence-electron chi connectivity index (χ4n) is 1.51.